The van der Waals surface area contributed by atoms with Gasteiger partial charge in [0, 0.05) is 55.9 Å². The lowest BCUT2D eigenvalue weighted by Gasteiger charge is -2.40. The fourth-order valence-corrected chi connectivity index (χ4v) is 4.84. The van der Waals surface area contributed by atoms with E-state index in [-0.39, 0.29) is 6.04 Å². The predicted molar refractivity (Wildman–Crippen MR) is 148 cm³/mol. The maximum absolute atomic E-state index is 13.1. The summed E-state index contributed by atoms with van der Waals surface area (Å²) < 4.78 is 39.2. The summed E-state index contributed by atoms with van der Waals surface area (Å²) in [6.45, 7) is 6.90. The van der Waals surface area contributed by atoms with Gasteiger partial charge < -0.3 is 15.1 Å². The molecule has 40 heavy (non-hydrogen) atoms. The molecule has 0 atom stereocenters. The summed E-state index contributed by atoms with van der Waals surface area (Å²) in [5.74, 6) is 1.87. The Kier molecular flexibility index (Phi) is 8.20. The molecule has 0 amide bonds. The number of piperidine rings is 1. The Morgan fingerprint density at radius 1 is 0.925 bits per heavy atom. The normalized spacial score (nSPS) is 14.8. The van der Waals surface area contributed by atoms with Gasteiger partial charge in [0.25, 0.3) is 0 Å². The van der Waals surface area contributed by atoms with Crippen molar-refractivity contribution >= 4 is 17.6 Å². The summed E-state index contributed by atoms with van der Waals surface area (Å²) in [6, 6.07) is 13.1. The quantitative estimate of drug-likeness (QED) is 0.288. The average molecular weight is 549 g/mol. The van der Waals surface area contributed by atoms with Crippen molar-refractivity contribution in [2.75, 3.05) is 23.3 Å². The summed E-state index contributed by atoms with van der Waals surface area (Å²) >= 11 is 0. The Morgan fingerprint density at radius 2 is 1.68 bits per heavy atom. The molecule has 208 valence electrons. The molecule has 1 saturated heterocycles. The first-order valence-corrected chi connectivity index (χ1v) is 13.3. The molecular formula is C29H31F3N8. The van der Waals surface area contributed by atoms with Crippen LogP contribution in [-0.4, -0.2) is 55.0 Å². The number of alkyl halides is 3. The minimum absolute atomic E-state index is 0.205. The minimum Gasteiger partial charge on any atom is -0.333 e. The van der Waals surface area contributed by atoms with Crippen LogP contribution >= 0.6 is 0 Å². The van der Waals surface area contributed by atoms with Crippen LogP contribution in [0.5, 0.6) is 0 Å². The number of aromatic nitrogens is 5. The third kappa shape index (κ3) is 6.71. The Balaban J connectivity index is 1.39. The number of anilines is 3. The lowest BCUT2D eigenvalue weighted by molar-refractivity contribution is -0.137. The van der Waals surface area contributed by atoms with Gasteiger partial charge in [-0.2, -0.15) is 13.2 Å². The molecule has 1 N–H and O–H groups in total. The van der Waals surface area contributed by atoms with E-state index in [0.717, 1.165) is 43.6 Å². The molecule has 0 unspecified atom stereocenters. The number of rotatable bonds is 8. The van der Waals surface area contributed by atoms with Crippen LogP contribution in [0.1, 0.15) is 37.8 Å². The molecule has 0 saturated carbocycles. The highest BCUT2D eigenvalue weighted by Gasteiger charge is 2.30. The third-order valence-corrected chi connectivity index (χ3v) is 7.09. The first-order chi connectivity index (χ1) is 19.3. The van der Waals surface area contributed by atoms with Gasteiger partial charge in [0.2, 0.25) is 5.95 Å². The molecule has 0 bridgehead atoms. The van der Waals surface area contributed by atoms with Gasteiger partial charge in [-0.25, -0.2) is 24.9 Å². The number of pyridine rings is 1. The van der Waals surface area contributed by atoms with Crippen molar-refractivity contribution in [1.82, 2.24) is 29.8 Å². The Morgan fingerprint density at radius 3 is 2.30 bits per heavy atom. The van der Waals surface area contributed by atoms with Gasteiger partial charge in [0.1, 0.15) is 18.0 Å². The Bertz CT molecular complexity index is 1370. The molecule has 11 heteroatoms. The van der Waals surface area contributed by atoms with Crippen LogP contribution in [0.15, 0.2) is 73.4 Å². The molecule has 0 radical (unpaired) electrons. The minimum atomic E-state index is -4.38. The lowest BCUT2D eigenvalue weighted by atomic mass is 10.0. The zero-order valence-electron chi connectivity index (χ0n) is 22.4. The standard InChI is InChI=1S/C29H31F3N8/c1-20(2)39-15-11-24(12-16-39)40(18-21-3-8-26(35-17-21)38-27-10-13-33-19-36-27)28-34-14-9-25(37-28)22-4-6-23(7-5-22)29(30,31)32/h3-10,13-14,17,19-20,24H,11-12,15-16,18H2,1-2H3,(H,33,35,36,38). The van der Waals surface area contributed by atoms with E-state index in [1.54, 1.807) is 24.5 Å². The van der Waals surface area contributed by atoms with Crippen LogP contribution in [0, 0.1) is 0 Å². The highest BCUT2D eigenvalue weighted by molar-refractivity contribution is 5.61. The number of hydrogen-bond acceptors (Lipinski definition) is 8. The van der Waals surface area contributed by atoms with E-state index in [1.165, 1.54) is 18.5 Å². The average Bonchev–Trinajstić information content (AvgIpc) is 2.97. The van der Waals surface area contributed by atoms with E-state index in [4.69, 9.17) is 4.98 Å². The summed E-state index contributed by atoms with van der Waals surface area (Å²) in [5.41, 5.74) is 1.48. The maximum Gasteiger partial charge on any atom is 0.416 e. The fourth-order valence-electron chi connectivity index (χ4n) is 4.84. The first kappa shape index (κ1) is 27.4. The molecule has 1 aliphatic heterocycles. The van der Waals surface area contributed by atoms with Crippen LogP contribution in [0.25, 0.3) is 11.3 Å². The molecule has 4 heterocycles. The fraction of sp³-hybridized carbons (Fsp3) is 0.345. The van der Waals surface area contributed by atoms with Gasteiger partial charge in [-0.15, -0.1) is 0 Å². The van der Waals surface area contributed by atoms with Gasteiger partial charge in [-0.05, 0) is 62.6 Å². The summed E-state index contributed by atoms with van der Waals surface area (Å²) in [4.78, 5) is 26.7. The van der Waals surface area contributed by atoms with Crippen LogP contribution in [0.2, 0.25) is 0 Å². The predicted octanol–water partition coefficient (Wildman–Crippen LogP) is 5.97. The molecule has 0 aliphatic carbocycles. The Labute approximate surface area is 231 Å². The summed E-state index contributed by atoms with van der Waals surface area (Å²) in [7, 11) is 0. The van der Waals surface area contributed by atoms with Gasteiger partial charge in [0.15, 0.2) is 0 Å². The third-order valence-electron chi connectivity index (χ3n) is 7.09. The molecule has 8 nitrogen and oxygen atoms in total. The molecule has 3 aromatic heterocycles. The molecule has 4 aromatic rings. The topological polar surface area (TPSA) is 83.0 Å². The summed E-state index contributed by atoms with van der Waals surface area (Å²) in [6.07, 6.45) is 4.13. The number of likely N-dealkylation sites (tertiary alicyclic amines) is 1. The van der Waals surface area contributed by atoms with Crippen molar-refractivity contribution in [3.05, 3.63) is 84.6 Å². The number of benzene rings is 1. The van der Waals surface area contributed by atoms with E-state index in [9.17, 15) is 13.2 Å². The van der Waals surface area contributed by atoms with Gasteiger partial charge in [-0.3, -0.25) is 0 Å². The van der Waals surface area contributed by atoms with E-state index in [0.29, 0.717) is 41.4 Å². The molecule has 1 aromatic carbocycles. The van der Waals surface area contributed by atoms with Gasteiger partial charge in [-0.1, -0.05) is 18.2 Å². The zero-order chi connectivity index (χ0) is 28.1. The van der Waals surface area contributed by atoms with Crippen molar-refractivity contribution in [2.24, 2.45) is 0 Å². The van der Waals surface area contributed by atoms with E-state index >= 15 is 0 Å². The number of halogens is 3. The number of nitrogens with zero attached hydrogens (tertiary/aromatic N) is 7. The maximum atomic E-state index is 13.1. The van der Waals surface area contributed by atoms with Crippen molar-refractivity contribution in [2.45, 2.75) is 51.5 Å². The second-order valence-electron chi connectivity index (χ2n) is 10.1. The molecule has 1 fully saturated rings. The zero-order valence-corrected chi connectivity index (χ0v) is 22.4. The van der Waals surface area contributed by atoms with E-state index < -0.39 is 11.7 Å². The van der Waals surface area contributed by atoms with Crippen molar-refractivity contribution in [1.29, 1.82) is 0 Å². The molecule has 0 spiro atoms. The van der Waals surface area contributed by atoms with Gasteiger partial charge in [0.05, 0.1) is 11.3 Å². The smallest absolute Gasteiger partial charge is 0.333 e. The van der Waals surface area contributed by atoms with Crippen LogP contribution in [-0.2, 0) is 12.7 Å². The molecule has 5 rings (SSSR count). The summed E-state index contributed by atoms with van der Waals surface area (Å²) in [5, 5.41) is 3.16. The molecular weight excluding hydrogens is 517 g/mol. The van der Waals surface area contributed by atoms with Gasteiger partial charge >= 0.3 is 6.18 Å². The van der Waals surface area contributed by atoms with E-state index in [1.807, 2.05) is 18.3 Å². The number of nitrogens with one attached hydrogen (secondary N) is 1. The van der Waals surface area contributed by atoms with Crippen LogP contribution in [0.4, 0.5) is 30.8 Å². The molecule has 1 aliphatic rings. The monoisotopic (exact) mass is 548 g/mol. The van der Waals surface area contributed by atoms with Crippen molar-refractivity contribution in [3.63, 3.8) is 0 Å². The first-order valence-electron chi connectivity index (χ1n) is 13.3. The Hall–Kier alpha value is -4.12. The largest absolute Gasteiger partial charge is 0.416 e. The highest BCUT2D eigenvalue weighted by Crippen LogP contribution is 2.31. The highest BCUT2D eigenvalue weighted by atomic mass is 19.4. The number of hydrogen-bond donors (Lipinski definition) is 1. The second kappa shape index (κ2) is 12.0. The van der Waals surface area contributed by atoms with E-state index in [2.05, 4.69) is 48.9 Å². The SMILES string of the molecule is CC(C)N1CCC(N(Cc2ccc(Nc3ccncn3)nc2)c2nccc(-c3ccc(C(F)(F)F)cc3)n2)CC1. The van der Waals surface area contributed by atoms with Crippen LogP contribution in [0.3, 0.4) is 0 Å². The lowest BCUT2D eigenvalue weighted by Crippen LogP contribution is -2.47. The second-order valence-corrected chi connectivity index (χ2v) is 10.1. The van der Waals surface area contributed by atoms with Crippen molar-refractivity contribution in [3.8, 4) is 11.3 Å². The van der Waals surface area contributed by atoms with Crippen molar-refractivity contribution < 1.29 is 13.2 Å². The van der Waals surface area contributed by atoms with Crippen LogP contribution < -0.4 is 10.2 Å².